The summed E-state index contributed by atoms with van der Waals surface area (Å²) < 4.78 is 18.6. The van der Waals surface area contributed by atoms with Gasteiger partial charge in [0.2, 0.25) is 0 Å². The smallest absolute Gasteiger partial charge is 0.338 e. The fourth-order valence-corrected chi connectivity index (χ4v) is 6.19. The standard InChI is InChI=1S/C27H33BrFNO2/c1-18-22-5-3-6-25(28)26(24(22)12-11-23(18)27(31)32-2)21-9-7-19(8-10-21)15-20-16-30(17-20)14-4-13-29/h7-9,11-12,20-21H,3-6,10,13-17H2,1-2H3. The van der Waals surface area contributed by atoms with E-state index in [0.29, 0.717) is 23.8 Å². The molecule has 1 fully saturated rings. The molecule has 0 aromatic heterocycles. The maximum absolute atomic E-state index is 12.3. The van der Waals surface area contributed by atoms with Crippen molar-refractivity contribution in [1.29, 1.82) is 0 Å². The van der Waals surface area contributed by atoms with Crippen LogP contribution in [-0.2, 0) is 11.2 Å². The number of methoxy groups -OCH3 is 1. The van der Waals surface area contributed by atoms with Crippen LogP contribution in [0.3, 0.4) is 0 Å². The number of ether oxygens (including phenoxy) is 1. The van der Waals surface area contributed by atoms with Gasteiger partial charge in [0.1, 0.15) is 0 Å². The van der Waals surface area contributed by atoms with Crippen LogP contribution in [0.25, 0.3) is 5.57 Å². The van der Waals surface area contributed by atoms with Crippen LogP contribution < -0.4 is 0 Å². The van der Waals surface area contributed by atoms with E-state index in [2.05, 4.69) is 45.1 Å². The number of likely N-dealkylation sites (tertiary alicyclic amines) is 1. The largest absolute Gasteiger partial charge is 0.465 e. The Morgan fingerprint density at radius 3 is 2.78 bits per heavy atom. The van der Waals surface area contributed by atoms with Crippen molar-refractivity contribution in [2.75, 3.05) is 33.4 Å². The van der Waals surface area contributed by atoms with Gasteiger partial charge in [-0.3, -0.25) is 4.39 Å². The summed E-state index contributed by atoms with van der Waals surface area (Å²) in [6, 6.07) is 4.04. The molecule has 0 radical (unpaired) electrons. The molecule has 1 aromatic carbocycles. The lowest BCUT2D eigenvalue weighted by Gasteiger charge is -2.39. The number of halogens is 2. The van der Waals surface area contributed by atoms with Gasteiger partial charge in [-0.15, -0.1) is 0 Å². The summed E-state index contributed by atoms with van der Waals surface area (Å²) in [4.78, 5) is 14.6. The van der Waals surface area contributed by atoms with Gasteiger partial charge in [0.15, 0.2) is 0 Å². The van der Waals surface area contributed by atoms with Crippen LogP contribution in [0.5, 0.6) is 0 Å². The molecule has 1 aliphatic heterocycles. The van der Waals surface area contributed by atoms with Crippen molar-refractivity contribution in [2.24, 2.45) is 11.8 Å². The van der Waals surface area contributed by atoms with E-state index in [1.54, 1.807) is 0 Å². The molecule has 2 aliphatic carbocycles. The second-order valence-corrected chi connectivity index (χ2v) is 10.2. The highest BCUT2D eigenvalue weighted by molar-refractivity contribution is 9.11. The molecule has 1 heterocycles. The Morgan fingerprint density at radius 2 is 2.09 bits per heavy atom. The summed E-state index contributed by atoms with van der Waals surface area (Å²) in [5.74, 6) is 0.783. The van der Waals surface area contributed by atoms with E-state index < -0.39 is 0 Å². The van der Waals surface area contributed by atoms with Gasteiger partial charge < -0.3 is 9.64 Å². The average Bonchev–Trinajstić information content (AvgIpc) is 2.94. The molecular weight excluding hydrogens is 469 g/mol. The highest BCUT2D eigenvalue weighted by atomic mass is 79.9. The van der Waals surface area contributed by atoms with Gasteiger partial charge in [-0.2, -0.15) is 0 Å². The Morgan fingerprint density at radius 1 is 1.28 bits per heavy atom. The summed E-state index contributed by atoms with van der Waals surface area (Å²) in [5, 5.41) is 0. The fraction of sp³-hybridized carbons (Fsp3) is 0.519. The molecule has 1 unspecified atom stereocenters. The monoisotopic (exact) mass is 501 g/mol. The molecular formula is C27H33BrFNO2. The molecule has 4 rings (SSSR count). The molecule has 3 nitrogen and oxygen atoms in total. The summed E-state index contributed by atoms with van der Waals surface area (Å²) in [5.41, 5.74) is 7.07. The maximum Gasteiger partial charge on any atom is 0.338 e. The third kappa shape index (κ3) is 4.94. The molecule has 0 saturated carbocycles. The van der Waals surface area contributed by atoms with Crippen LogP contribution in [-0.4, -0.2) is 44.3 Å². The maximum atomic E-state index is 12.3. The number of hydrogen-bond donors (Lipinski definition) is 0. The Labute approximate surface area is 199 Å². The Kier molecular flexibility index (Phi) is 7.67. The predicted molar refractivity (Wildman–Crippen MR) is 132 cm³/mol. The highest BCUT2D eigenvalue weighted by Crippen LogP contribution is 2.43. The molecule has 1 atom stereocenters. The molecule has 0 spiro atoms. The Balaban J connectivity index is 1.47. The zero-order valence-corrected chi connectivity index (χ0v) is 20.7. The lowest BCUT2D eigenvalue weighted by atomic mass is 9.81. The first-order valence-electron chi connectivity index (χ1n) is 11.8. The van der Waals surface area contributed by atoms with Crippen molar-refractivity contribution >= 4 is 27.5 Å². The van der Waals surface area contributed by atoms with Gasteiger partial charge in [0.25, 0.3) is 0 Å². The number of nitrogens with zero attached hydrogens (tertiary/aromatic N) is 1. The van der Waals surface area contributed by atoms with E-state index in [0.717, 1.165) is 57.3 Å². The number of alkyl halides is 1. The molecule has 3 aliphatic rings. The van der Waals surface area contributed by atoms with Crippen molar-refractivity contribution in [1.82, 2.24) is 4.90 Å². The Bertz CT molecular complexity index is 959. The molecule has 32 heavy (non-hydrogen) atoms. The Hall–Kier alpha value is -1.72. The zero-order chi connectivity index (χ0) is 22.7. The number of rotatable bonds is 7. The van der Waals surface area contributed by atoms with Crippen LogP contribution in [0.4, 0.5) is 4.39 Å². The van der Waals surface area contributed by atoms with Gasteiger partial charge in [0, 0.05) is 25.6 Å². The second-order valence-electron chi connectivity index (χ2n) is 9.28. The van der Waals surface area contributed by atoms with Crippen LogP contribution >= 0.6 is 15.9 Å². The normalized spacial score (nSPS) is 21.6. The van der Waals surface area contributed by atoms with Crippen molar-refractivity contribution in [3.8, 4) is 0 Å². The van der Waals surface area contributed by atoms with Gasteiger partial charge in [-0.25, -0.2) is 4.79 Å². The van der Waals surface area contributed by atoms with E-state index in [1.807, 2.05) is 13.0 Å². The van der Waals surface area contributed by atoms with Crippen LogP contribution in [0, 0.1) is 18.8 Å². The summed E-state index contributed by atoms with van der Waals surface area (Å²) >= 11 is 3.90. The minimum absolute atomic E-state index is 0.214. The van der Waals surface area contributed by atoms with Crippen LogP contribution in [0.15, 0.2) is 40.4 Å². The van der Waals surface area contributed by atoms with Gasteiger partial charge in [-0.05, 0) is 84.2 Å². The minimum atomic E-state index is -0.261. The van der Waals surface area contributed by atoms with Gasteiger partial charge >= 0.3 is 5.97 Å². The van der Waals surface area contributed by atoms with E-state index in [9.17, 15) is 9.18 Å². The van der Waals surface area contributed by atoms with Crippen LogP contribution in [0.2, 0.25) is 0 Å². The van der Waals surface area contributed by atoms with Crippen molar-refractivity contribution in [3.63, 3.8) is 0 Å². The third-order valence-corrected chi connectivity index (χ3v) is 7.95. The SMILES string of the molecule is COC(=O)c1ccc2c(c1C)CCCC(Br)=C2C1C=CC(CC2CN(CCCF)C2)=CC1. The lowest BCUT2D eigenvalue weighted by molar-refractivity contribution is 0.0599. The van der Waals surface area contributed by atoms with E-state index in [1.165, 1.54) is 33.9 Å². The number of fused-ring (bicyclic) bond motifs is 1. The topological polar surface area (TPSA) is 29.5 Å². The van der Waals surface area contributed by atoms with E-state index in [-0.39, 0.29) is 12.6 Å². The molecule has 0 amide bonds. The summed E-state index contributed by atoms with van der Waals surface area (Å²) in [7, 11) is 1.44. The molecule has 1 saturated heterocycles. The first-order valence-corrected chi connectivity index (χ1v) is 12.6. The summed E-state index contributed by atoms with van der Waals surface area (Å²) in [6.07, 6.45) is 12.9. The quantitative estimate of drug-likeness (QED) is 0.404. The van der Waals surface area contributed by atoms with Crippen molar-refractivity contribution in [3.05, 3.63) is 62.7 Å². The van der Waals surface area contributed by atoms with Gasteiger partial charge in [-0.1, -0.05) is 45.8 Å². The van der Waals surface area contributed by atoms with E-state index in [4.69, 9.17) is 4.74 Å². The number of esters is 1. The lowest BCUT2D eigenvalue weighted by Crippen LogP contribution is -2.47. The third-order valence-electron chi connectivity index (χ3n) is 7.12. The number of carbonyl (C=O) groups is 1. The zero-order valence-electron chi connectivity index (χ0n) is 19.1. The number of hydrogen-bond acceptors (Lipinski definition) is 3. The molecule has 5 heteroatoms. The molecule has 172 valence electrons. The average molecular weight is 502 g/mol. The highest BCUT2D eigenvalue weighted by Gasteiger charge is 2.28. The van der Waals surface area contributed by atoms with Crippen molar-refractivity contribution in [2.45, 2.75) is 45.4 Å². The van der Waals surface area contributed by atoms with Crippen molar-refractivity contribution < 1.29 is 13.9 Å². The minimum Gasteiger partial charge on any atom is -0.465 e. The summed E-state index contributed by atoms with van der Waals surface area (Å²) in [6.45, 7) is 4.92. The number of carbonyl (C=O) groups excluding carboxylic acids is 1. The van der Waals surface area contributed by atoms with Gasteiger partial charge in [0.05, 0.1) is 19.3 Å². The first kappa shape index (κ1) is 23.4. The predicted octanol–water partition coefficient (Wildman–Crippen LogP) is 6.41. The van der Waals surface area contributed by atoms with Crippen LogP contribution in [0.1, 0.15) is 59.2 Å². The number of benzene rings is 1. The second kappa shape index (κ2) is 10.5. The fourth-order valence-electron chi connectivity index (χ4n) is 5.40. The first-order chi connectivity index (χ1) is 15.5. The molecule has 1 aromatic rings. The molecule has 0 bridgehead atoms. The molecule has 0 N–H and O–H groups in total. The van der Waals surface area contributed by atoms with E-state index >= 15 is 0 Å². The number of allylic oxidation sites excluding steroid dienone is 6.